The van der Waals surface area contributed by atoms with Gasteiger partial charge in [-0.15, -0.1) is 16.8 Å². The van der Waals surface area contributed by atoms with Crippen LogP contribution >= 0.6 is 11.8 Å². The van der Waals surface area contributed by atoms with Gasteiger partial charge in [-0.2, -0.15) is 0 Å². The Morgan fingerprint density at radius 2 is 2.00 bits per heavy atom. The molecule has 1 heterocycles. The Bertz CT molecular complexity index is 620. The molecule has 0 aliphatic rings. The van der Waals surface area contributed by atoms with Crippen molar-refractivity contribution < 1.29 is 4.74 Å². The zero-order valence-electron chi connectivity index (χ0n) is 14.2. The quantitative estimate of drug-likeness (QED) is 0.506. The van der Waals surface area contributed by atoms with Crippen molar-refractivity contribution in [2.24, 2.45) is 5.92 Å². The fraction of sp³-hybridized carbons (Fsp3) is 0.444. The summed E-state index contributed by atoms with van der Waals surface area (Å²) in [4.78, 5) is 0. The van der Waals surface area contributed by atoms with E-state index in [0.29, 0.717) is 12.5 Å². The topological polar surface area (TPSA) is 39.9 Å². The van der Waals surface area contributed by atoms with Crippen molar-refractivity contribution >= 4 is 11.8 Å². The molecule has 0 bridgehead atoms. The van der Waals surface area contributed by atoms with Crippen LogP contribution in [0.25, 0.3) is 0 Å². The summed E-state index contributed by atoms with van der Waals surface area (Å²) in [6.45, 7) is 11.6. The summed E-state index contributed by atoms with van der Waals surface area (Å²) in [6.07, 6.45) is 2.91. The molecular weight excluding hydrogens is 306 g/mol. The molecule has 0 aliphatic heterocycles. The molecule has 124 valence electrons. The maximum absolute atomic E-state index is 5.88. The van der Waals surface area contributed by atoms with E-state index in [1.54, 1.807) is 11.8 Å². The highest BCUT2D eigenvalue weighted by Gasteiger charge is 2.14. The highest BCUT2D eigenvalue weighted by Crippen LogP contribution is 2.20. The molecule has 4 nitrogen and oxygen atoms in total. The number of hydrogen-bond donors (Lipinski definition) is 0. The van der Waals surface area contributed by atoms with E-state index in [1.807, 2.05) is 18.2 Å². The van der Waals surface area contributed by atoms with Gasteiger partial charge in [-0.3, -0.25) is 0 Å². The van der Waals surface area contributed by atoms with Gasteiger partial charge in [-0.25, -0.2) is 0 Å². The number of rotatable bonds is 9. The third-order valence-corrected chi connectivity index (χ3v) is 4.33. The molecule has 0 unspecified atom stereocenters. The summed E-state index contributed by atoms with van der Waals surface area (Å²) < 4.78 is 8.03. The zero-order valence-corrected chi connectivity index (χ0v) is 15.0. The normalized spacial score (nSPS) is 11.0. The van der Waals surface area contributed by atoms with Crippen molar-refractivity contribution in [1.29, 1.82) is 0 Å². The molecule has 0 amide bonds. The highest BCUT2D eigenvalue weighted by molar-refractivity contribution is 7.99. The zero-order chi connectivity index (χ0) is 16.7. The Morgan fingerprint density at radius 1 is 1.26 bits per heavy atom. The first kappa shape index (κ1) is 17.6. The highest BCUT2D eigenvalue weighted by atomic mass is 32.2. The number of hydrogen-bond acceptors (Lipinski definition) is 4. The lowest BCUT2D eigenvalue weighted by Crippen LogP contribution is -2.12. The summed E-state index contributed by atoms with van der Waals surface area (Å²) in [7, 11) is 0. The lowest BCUT2D eigenvalue weighted by Gasteiger charge is -2.13. The minimum atomic E-state index is 0.430. The molecule has 2 rings (SSSR count). The second kappa shape index (κ2) is 8.77. The van der Waals surface area contributed by atoms with Crippen molar-refractivity contribution in [2.75, 3.05) is 5.75 Å². The number of benzene rings is 1. The van der Waals surface area contributed by atoms with Crippen molar-refractivity contribution in [1.82, 2.24) is 14.8 Å². The number of aryl methyl sites for hydroxylation is 1. The summed E-state index contributed by atoms with van der Waals surface area (Å²) in [6, 6.07) is 8.21. The van der Waals surface area contributed by atoms with Gasteiger partial charge >= 0.3 is 0 Å². The van der Waals surface area contributed by atoms with Crippen LogP contribution in [0.4, 0.5) is 0 Å². The van der Waals surface area contributed by atoms with Gasteiger partial charge in [0.25, 0.3) is 0 Å². The van der Waals surface area contributed by atoms with Crippen molar-refractivity contribution in [3.05, 3.63) is 48.3 Å². The molecule has 0 atom stereocenters. The van der Waals surface area contributed by atoms with Crippen LogP contribution in [0, 0.1) is 5.92 Å². The third kappa shape index (κ3) is 5.13. The SMILES string of the molecule is C=CCSc1nnc(COc2ccc(CC)cc2)n1CC(C)C. The van der Waals surface area contributed by atoms with E-state index in [1.165, 1.54) is 5.56 Å². The Kier molecular flexibility index (Phi) is 6.71. The predicted molar refractivity (Wildman–Crippen MR) is 95.9 cm³/mol. The smallest absolute Gasteiger partial charge is 0.191 e. The van der Waals surface area contributed by atoms with Crippen LogP contribution in [0.5, 0.6) is 5.75 Å². The van der Waals surface area contributed by atoms with Gasteiger partial charge in [-0.05, 0) is 30.0 Å². The summed E-state index contributed by atoms with van der Waals surface area (Å²) in [5, 5.41) is 9.53. The van der Waals surface area contributed by atoms with Crippen LogP contribution in [0.1, 0.15) is 32.2 Å². The van der Waals surface area contributed by atoms with Crippen molar-refractivity contribution in [3.63, 3.8) is 0 Å². The maximum atomic E-state index is 5.88. The molecule has 0 saturated heterocycles. The first-order valence-electron chi connectivity index (χ1n) is 8.01. The molecule has 23 heavy (non-hydrogen) atoms. The number of aromatic nitrogens is 3. The van der Waals surface area contributed by atoms with Crippen LogP contribution in [0.3, 0.4) is 0 Å². The van der Waals surface area contributed by atoms with Crippen LogP contribution in [0.2, 0.25) is 0 Å². The minimum Gasteiger partial charge on any atom is -0.486 e. The Balaban J connectivity index is 2.07. The van der Waals surface area contributed by atoms with E-state index in [9.17, 15) is 0 Å². The molecule has 0 radical (unpaired) electrons. The van der Waals surface area contributed by atoms with Gasteiger partial charge in [0.1, 0.15) is 12.4 Å². The number of thioether (sulfide) groups is 1. The molecular formula is C18H25N3OS. The predicted octanol–water partition coefficient (Wildman–Crippen LogP) is 4.35. The van der Waals surface area contributed by atoms with E-state index in [-0.39, 0.29) is 0 Å². The molecule has 0 fully saturated rings. The first-order chi connectivity index (χ1) is 11.1. The van der Waals surface area contributed by atoms with Crippen molar-refractivity contribution in [2.45, 2.75) is 45.5 Å². The maximum Gasteiger partial charge on any atom is 0.191 e. The van der Waals surface area contributed by atoms with E-state index in [0.717, 1.165) is 35.4 Å². The molecule has 2 aromatic rings. The summed E-state index contributed by atoms with van der Waals surface area (Å²) >= 11 is 1.65. The van der Waals surface area contributed by atoms with Gasteiger partial charge in [0.2, 0.25) is 0 Å². The van der Waals surface area contributed by atoms with Gasteiger partial charge < -0.3 is 9.30 Å². The molecule has 1 aromatic heterocycles. The van der Waals surface area contributed by atoms with E-state index in [4.69, 9.17) is 4.74 Å². The Labute approximate surface area is 143 Å². The van der Waals surface area contributed by atoms with E-state index in [2.05, 4.69) is 54.2 Å². The van der Waals surface area contributed by atoms with Gasteiger partial charge in [-0.1, -0.05) is 50.7 Å². The Morgan fingerprint density at radius 3 is 2.61 bits per heavy atom. The number of nitrogens with zero attached hydrogens (tertiary/aromatic N) is 3. The van der Waals surface area contributed by atoms with E-state index < -0.39 is 0 Å². The van der Waals surface area contributed by atoms with Gasteiger partial charge in [0.15, 0.2) is 11.0 Å². The summed E-state index contributed by atoms with van der Waals surface area (Å²) in [5.74, 6) is 3.08. The van der Waals surface area contributed by atoms with Crippen LogP contribution < -0.4 is 4.74 Å². The standard InChI is InChI=1S/C18H25N3OS/c1-5-11-23-18-20-19-17(21(18)12-14(3)4)13-22-16-9-7-15(6-2)8-10-16/h5,7-10,14H,1,6,11-13H2,2-4H3. The molecule has 0 N–H and O–H groups in total. The lowest BCUT2D eigenvalue weighted by molar-refractivity contribution is 0.284. The second-order valence-corrected chi connectivity index (χ2v) is 6.78. The summed E-state index contributed by atoms with van der Waals surface area (Å²) in [5.41, 5.74) is 1.31. The molecule has 0 spiro atoms. The average molecular weight is 331 g/mol. The van der Waals surface area contributed by atoms with Crippen LogP contribution in [0.15, 0.2) is 42.1 Å². The molecule has 0 saturated carbocycles. The minimum absolute atomic E-state index is 0.430. The fourth-order valence-corrected chi connectivity index (χ4v) is 2.89. The average Bonchev–Trinajstić information content (AvgIpc) is 2.92. The molecule has 5 heteroatoms. The van der Waals surface area contributed by atoms with E-state index >= 15 is 0 Å². The second-order valence-electron chi connectivity index (χ2n) is 5.79. The van der Waals surface area contributed by atoms with Crippen LogP contribution in [-0.2, 0) is 19.6 Å². The van der Waals surface area contributed by atoms with Gasteiger partial charge in [0, 0.05) is 12.3 Å². The van der Waals surface area contributed by atoms with Crippen LogP contribution in [-0.4, -0.2) is 20.5 Å². The number of ether oxygens (including phenoxy) is 1. The largest absolute Gasteiger partial charge is 0.486 e. The monoisotopic (exact) mass is 331 g/mol. The molecule has 0 aliphatic carbocycles. The molecule has 1 aromatic carbocycles. The fourth-order valence-electron chi connectivity index (χ4n) is 2.18. The van der Waals surface area contributed by atoms with Gasteiger partial charge in [0.05, 0.1) is 0 Å². The first-order valence-corrected chi connectivity index (χ1v) is 9.00. The van der Waals surface area contributed by atoms with Crippen molar-refractivity contribution in [3.8, 4) is 5.75 Å². The third-order valence-electron chi connectivity index (χ3n) is 3.37. The Hall–Kier alpha value is -1.75. The lowest BCUT2D eigenvalue weighted by atomic mass is 10.2.